The number of nitrogens with one attached hydrogen (secondary N) is 2. The van der Waals surface area contributed by atoms with Gasteiger partial charge in [-0.2, -0.15) is 0 Å². The Labute approximate surface area is 140 Å². The fourth-order valence-electron chi connectivity index (χ4n) is 3.30. The first-order valence-corrected chi connectivity index (χ1v) is 8.45. The van der Waals surface area contributed by atoms with Gasteiger partial charge in [0.25, 0.3) is 5.91 Å². The molecule has 1 aromatic rings. The Morgan fingerprint density at radius 2 is 1.95 bits per heavy atom. The summed E-state index contributed by atoms with van der Waals surface area (Å²) in [6.07, 6.45) is 3.87. The molecule has 2 fully saturated rings. The van der Waals surface area contributed by atoms with E-state index in [0.29, 0.717) is 27.9 Å². The van der Waals surface area contributed by atoms with Gasteiger partial charge in [-0.15, -0.1) is 0 Å². The molecule has 0 radical (unpaired) electrons. The van der Waals surface area contributed by atoms with Gasteiger partial charge in [-0.25, -0.2) is 0 Å². The van der Waals surface area contributed by atoms with Crippen LogP contribution in [0.15, 0.2) is 18.2 Å². The fourth-order valence-corrected chi connectivity index (χ4v) is 3.59. The molecule has 2 aliphatic heterocycles. The van der Waals surface area contributed by atoms with Crippen LogP contribution in [-0.4, -0.2) is 30.1 Å². The van der Waals surface area contributed by atoms with Gasteiger partial charge in [-0.1, -0.05) is 23.2 Å². The van der Waals surface area contributed by atoms with E-state index >= 15 is 0 Å². The van der Waals surface area contributed by atoms with E-state index in [1.807, 2.05) is 0 Å². The zero-order valence-electron chi connectivity index (χ0n) is 12.4. The van der Waals surface area contributed by atoms with Crippen LogP contribution in [0.1, 0.15) is 32.6 Å². The van der Waals surface area contributed by atoms with Crippen molar-refractivity contribution in [2.45, 2.75) is 56.8 Å². The van der Waals surface area contributed by atoms with E-state index in [-0.39, 0.29) is 11.9 Å². The normalized spacial score (nSPS) is 28.2. The SMILES string of the molecule is CC(Oc1ccc(Cl)c(Cl)c1)C(=O)NC1CC2CCC(C1)N2. The molecular formula is C16H20Cl2N2O2. The van der Waals surface area contributed by atoms with Gasteiger partial charge in [0, 0.05) is 24.2 Å². The second-order valence-electron chi connectivity index (χ2n) is 6.15. The third-order valence-electron chi connectivity index (χ3n) is 4.39. The summed E-state index contributed by atoms with van der Waals surface area (Å²) >= 11 is 11.8. The Morgan fingerprint density at radius 1 is 1.27 bits per heavy atom. The minimum Gasteiger partial charge on any atom is -0.481 e. The molecule has 0 aromatic heterocycles. The molecule has 2 saturated heterocycles. The third-order valence-corrected chi connectivity index (χ3v) is 5.13. The molecule has 4 nitrogen and oxygen atoms in total. The predicted octanol–water partition coefficient (Wildman–Crippen LogP) is 3.16. The van der Waals surface area contributed by atoms with Gasteiger partial charge >= 0.3 is 0 Å². The summed E-state index contributed by atoms with van der Waals surface area (Å²) < 4.78 is 5.65. The van der Waals surface area contributed by atoms with E-state index in [2.05, 4.69) is 10.6 Å². The Balaban J connectivity index is 1.54. The van der Waals surface area contributed by atoms with Crippen molar-refractivity contribution in [2.24, 2.45) is 0 Å². The molecule has 2 N–H and O–H groups in total. The molecule has 6 heteroatoms. The number of fused-ring (bicyclic) bond motifs is 2. The van der Waals surface area contributed by atoms with Crippen molar-refractivity contribution in [1.82, 2.24) is 10.6 Å². The quantitative estimate of drug-likeness (QED) is 0.883. The number of hydrogen-bond acceptors (Lipinski definition) is 3. The van der Waals surface area contributed by atoms with E-state index in [0.717, 1.165) is 12.8 Å². The summed E-state index contributed by atoms with van der Waals surface area (Å²) in [6.45, 7) is 1.74. The lowest BCUT2D eigenvalue weighted by molar-refractivity contribution is -0.128. The smallest absolute Gasteiger partial charge is 0.260 e. The third kappa shape index (κ3) is 3.67. The van der Waals surface area contributed by atoms with Crippen LogP contribution in [0.25, 0.3) is 0 Å². The average Bonchev–Trinajstić information content (AvgIpc) is 2.82. The van der Waals surface area contributed by atoms with Gasteiger partial charge in [-0.3, -0.25) is 4.79 Å². The Kier molecular flexibility index (Phi) is 4.81. The highest BCUT2D eigenvalue weighted by Gasteiger charge is 2.34. The van der Waals surface area contributed by atoms with Gasteiger partial charge in [-0.05, 0) is 44.7 Å². The number of halogens is 2. The molecule has 2 aliphatic rings. The summed E-state index contributed by atoms with van der Waals surface area (Å²) in [5.41, 5.74) is 0. The zero-order chi connectivity index (χ0) is 15.7. The van der Waals surface area contributed by atoms with Gasteiger partial charge in [0.05, 0.1) is 10.0 Å². The van der Waals surface area contributed by atoms with Crippen molar-refractivity contribution >= 4 is 29.1 Å². The first kappa shape index (κ1) is 15.9. The van der Waals surface area contributed by atoms with Crippen LogP contribution in [0.4, 0.5) is 0 Å². The number of carbonyl (C=O) groups excluding carboxylic acids is 1. The number of carbonyl (C=O) groups is 1. The minimum atomic E-state index is -0.565. The molecule has 0 saturated carbocycles. The summed E-state index contributed by atoms with van der Waals surface area (Å²) in [5.74, 6) is 0.458. The molecule has 2 bridgehead atoms. The molecule has 3 rings (SSSR count). The molecule has 1 aromatic carbocycles. The fraction of sp³-hybridized carbons (Fsp3) is 0.562. The highest BCUT2D eigenvalue weighted by molar-refractivity contribution is 6.42. The lowest BCUT2D eigenvalue weighted by Crippen LogP contribution is -2.50. The van der Waals surface area contributed by atoms with Crippen molar-refractivity contribution < 1.29 is 9.53 Å². The summed E-state index contributed by atoms with van der Waals surface area (Å²) in [5, 5.41) is 7.55. The van der Waals surface area contributed by atoms with E-state index in [9.17, 15) is 4.79 Å². The molecule has 3 unspecified atom stereocenters. The zero-order valence-corrected chi connectivity index (χ0v) is 14.0. The number of benzene rings is 1. The second-order valence-corrected chi connectivity index (χ2v) is 6.97. The van der Waals surface area contributed by atoms with Crippen LogP contribution in [0, 0.1) is 0 Å². The summed E-state index contributed by atoms with van der Waals surface area (Å²) in [4.78, 5) is 12.3. The lowest BCUT2D eigenvalue weighted by atomic mass is 9.99. The summed E-state index contributed by atoms with van der Waals surface area (Å²) in [6, 6.07) is 6.34. The van der Waals surface area contributed by atoms with Gasteiger partial charge < -0.3 is 15.4 Å². The monoisotopic (exact) mass is 342 g/mol. The van der Waals surface area contributed by atoms with Crippen LogP contribution in [0.2, 0.25) is 10.0 Å². The molecular weight excluding hydrogens is 323 g/mol. The number of piperidine rings is 1. The number of ether oxygens (including phenoxy) is 1. The number of rotatable bonds is 4. The predicted molar refractivity (Wildman–Crippen MR) is 87.7 cm³/mol. The molecule has 1 amide bonds. The minimum absolute atomic E-state index is 0.0858. The maximum Gasteiger partial charge on any atom is 0.260 e. The van der Waals surface area contributed by atoms with Crippen LogP contribution >= 0.6 is 23.2 Å². The van der Waals surface area contributed by atoms with Gasteiger partial charge in [0.15, 0.2) is 6.10 Å². The van der Waals surface area contributed by atoms with Crippen LogP contribution < -0.4 is 15.4 Å². The largest absolute Gasteiger partial charge is 0.481 e. The van der Waals surface area contributed by atoms with Crippen LogP contribution in [0.3, 0.4) is 0 Å². The van der Waals surface area contributed by atoms with Crippen LogP contribution in [0.5, 0.6) is 5.75 Å². The number of hydrogen-bond donors (Lipinski definition) is 2. The highest BCUT2D eigenvalue weighted by Crippen LogP contribution is 2.28. The Bertz CT molecular complexity index is 555. The maximum atomic E-state index is 12.3. The van der Waals surface area contributed by atoms with Gasteiger partial charge in [0.1, 0.15) is 5.75 Å². The molecule has 3 atom stereocenters. The van der Waals surface area contributed by atoms with E-state index < -0.39 is 6.10 Å². The first-order chi connectivity index (χ1) is 10.5. The molecule has 22 heavy (non-hydrogen) atoms. The molecule has 2 heterocycles. The van der Waals surface area contributed by atoms with Crippen LogP contribution in [-0.2, 0) is 4.79 Å². The summed E-state index contributed by atoms with van der Waals surface area (Å²) in [7, 11) is 0. The standard InChI is InChI=1S/C16H20Cl2N2O2/c1-9(22-13-4-5-14(17)15(18)8-13)16(21)20-12-6-10-2-3-11(7-12)19-10/h4-5,8-12,19H,2-3,6-7H2,1H3,(H,20,21). The average molecular weight is 343 g/mol. The van der Waals surface area contributed by atoms with Crippen molar-refractivity contribution in [2.75, 3.05) is 0 Å². The van der Waals surface area contributed by atoms with Gasteiger partial charge in [0.2, 0.25) is 0 Å². The topological polar surface area (TPSA) is 50.4 Å². The maximum absolute atomic E-state index is 12.3. The van der Waals surface area contributed by atoms with Crippen molar-refractivity contribution in [3.05, 3.63) is 28.2 Å². The molecule has 0 spiro atoms. The Hall–Kier alpha value is -0.970. The number of amides is 1. The van der Waals surface area contributed by atoms with E-state index in [4.69, 9.17) is 27.9 Å². The van der Waals surface area contributed by atoms with E-state index in [1.165, 1.54) is 12.8 Å². The van der Waals surface area contributed by atoms with E-state index in [1.54, 1.807) is 25.1 Å². The van der Waals surface area contributed by atoms with Crippen molar-refractivity contribution in [1.29, 1.82) is 0 Å². The first-order valence-electron chi connectivity index (χ1n) is 7.69. The van der Waals surface area contributed by atoms with Crippen molar-refractivity contribution in [3.63, 3.8) is 0 Å². The molecule has 120 valence electrons. The highest BCUT2D eigenvalue weighted by atomic mass is 35.5. The Morgan fingerprint density at radius 3 is 2.59 bits per heavy atom. The lowest BCUT2D eigenvalue weighted by Gasteiger charge is -2.30. The second kappa shape index (κ2) is 6.65. The van der Waals surface area contributed by atoms with Crippen molar-refractivity contribution in [3.8, 4) is 5.75 Å². The molecule has 0 aliphatic carbocycles.